The maximum atomic E-state index is 12.2. The summed E-state index contributed by atoms with van der Waals surface area (Å²) in [6, 6.07) is 5.18. The number of nitrogens with one attached hydrogen (secondary N) is 1. The fourth-order valence-corrected chi connectivity index (χ4v) is 2.64. The molecule has 98 valence electrons. The van der Waals surface area contributed by atoms with Crippen LogP contribution in [0.3, 0.4) is 0 Å². The van der Waals surface area contributed by atoms with E-state index < -0.39 is 0 Å². The van der Waals surface area contributed by atoms with Gasteiger partial charge >= 0.3 is 0 Å². The van der Waals surface area contributed by atoms with E-state index in [1.165, 1.54) is 0 Å². The monoisotopic (exact) mass is 248 g/mol. The summed E-state index contributed by atoms with van der Waals surface area (Å²) in [7, 11) is 0. The van der Waals surface area contributed by atoms with Crippen LogP contribution in [0.25, 0.3) is 0 Å². The summed E-state index contributed by atoms with van der Waals surface area (Å²) in [6.07, 6.45) is 2.97. The minimum atomic E-state index is -0.0242. The van der Waals surface area contributed by atoms with Gasteiger partial charge in [0.15, 0.2) is 0 Å². The number of hydrogen-bond acceptors (Lipinski definition) is 3. The van der Waals surface area contributed by atoms with Crippen molar-refractivity contribution in [3.8, 4) is 5.75 Å². The lowest BCUT2D eigenvalue weighted by Gasteiger charge is -2.18. The first-order valence-corrected chi connectivity index (χ1v) is 6.42. The van der Waals surface area contributed by atoms with Crippen molar-refractivity contribution >= 4 is 11.6 Å². The van der Waals surface area contributed by atoms with E-state index in [0.29, 0.717) is 12.2 Å². The number of nitrogens with two attached hydrogens (primary N) is 1. The van der Waals surface area contributed by atoms with Crippen LogP contribution in [0.2, 0.25) is 0 Å². The highest BCUT2D eigenvalue weighted by molar-refractivity contribution is 5.94. The third kappa shape index (κ3) is 2.64. The van der Waals surface area contributed by atoms with Gasteiger partial charge in [-0.05, 0) is 49.9 Å². The molecule has 1 aromatic rings. The molecule has 0 spiro atoms. The number of aromatic hydroxyl groups is 1. The molecule has 0 unspecified atom stereocenters. The Morgan fingerprint density at radius 1 is 1.50 bits per heavy atom. The molecule has 1 saturated carbocycles. The number of phenolic OH excluding ortho intramolecular Hbond substituents is 1. The van der Waals surface area contributed by atoms with Crippen molar-refractivity contribution in [3.05, 3.63) is 23.8 Å². The van der Waals surface area contributed by atoms with Gasteiger partial charge in [0.1, 0.15) is 5.75 Å². The molecule has 2 atom stereocenters. The number of carbonyl (C=O) groups excluding carboxylic acids is 1. The maximum absolute atomic E-state index is 12.2. The van der Waals surface area contributed by atoms with Crippen molar-refractivity contribution in [2.75, 3.05) is 11.9 Å². The van der Waals surface area contributed by atoms with Crippen LogP contribution in [0.15, 0.2) is 18.2 Å². The van der Waals surface area contributed by atoms with Crippen LogP contribution in [0.5, 0.6) is 5.75 Å². The lowest BCUT2D eigenvalue weighted by atomic mass is 9.95. The van der Waals surface area contributed by atoms with Gasteiger partial charge in [0.25, 0.3) is 0 Å². The van der Waals surface area contributed by atoms with Crippen LogP contribution >= 0.6 is 0 Å². The van der Waals surface area contributed by atoms with E-state index in [0.717, 1.165) is 24.8 Å². The molecule has 1 aromatic carbocycles. The average molecular weight is 248 g/mol. The molecular weight excluding hydrogens is 228 g/mol. The van der Waals surface area contributed by atoms with Crippen molar-refractivity contribution < 1.29 is 9.90 Å². The molecule has 2 rings (SSSR count). The number of benzene rings is 1. The van der Waals surface area contributed by atoms with Gasteiger partial charge in [0.2, 0.25) is 5.91 Å². The summed E-state index contributed by atoms with van der Waals surface area (Å²) >= 11 is 0. The summed E-state index contributed by atoms with van der Waals surface area (Å²) in [5, 5.41) is 12.5. The second-order valence-electron chi connectivity index (χ2n) is 5.04. The number of aryl methyl sites for hydroxylation is 1. The highest BCUT2D eigenvalue weighted by Gasteiger charge is 2.32. The van der Waals surface area contributed by atoms with E-state index in [1.54, 1.807) is 12.1 Å². The molecule has 0 bridgehead atoms. The highest BCUT2D eigenvalue weighted by Crippen LogP contribution is 2.33. The van der Waals surface area contributed by atoms with Gasteiger partial charge in [-0.2, -0.15) is 0 Å². The van der Waals surface area contributed by atoms with Crippen molar-refractivity contribution in [2.45, 2.75) is 26.2 Å². The van der Waals surface area contributed by atoms with E-state index in [-0.39, 0.29) is 23.5 Å². The minimum absolute atomic E-state index is 0.0186. The Morgan fingerprint density at radius 2 is 2.28 bits per heavy atom. The Kier molecular flexibility index (Phi) is 3.87. The normalized spacial score (nSPS) is 23.0. The third-order valence-electron chi connectivity index (χ3n) is 3.71. The molecule has 4 nitrogen and oxygen atoms in total. The van der Waals surface area contributed by atoms with Crippen LogP contribution in [0, 0.1) is 18.8 Å². The molecule has 1 amide bonds. The average Bonchev–Trinajstić information content (AvgIpc) is 2.82. The second kappa shape index (κ2) is 5.40. The highest BCUT2D eigenvalue weighted by atomic mass is 16.3. The summed E-state index contributed by atoms with van der Waals surface area (Å²) in [5.74, 6) is 0.340. The fourth-order valence-electron chi connectivity index (χ4n) is 2.64. The first-order valence-electron chi connectivity index (χ1n) is 6.42. The van der Waals surface area contributed by atoms with Crippen LogP contribution in [-0.4, -0.2) is 17.6 Å². The summed E-state index contributed by atoms with van der Waals surface area (Å²) in [5.41, 5.74) is 7.17. The molecule has 0 saturated heterocycles. The van der Waals surface area contributed by atoms with Crippen LogP contribution < -0.4 is 11.1 Å². The Bertz CT molecular complexity index is 445. The van der Waals surface area contributed by atoms with Crippen molar-refractivity contribution in [3.63, 3.8) is 0 Å². The second-order valence-corrected chi connectivity index (χ2v) is 5.04. The van der Waals surface area contributed by atoms with Crippen molar-refractivity contribution in [2.24, 2.45) is 17.6 Å². The molecule has 1 aliphatic carbocycles. The molecule has 4 N–H and O–H groups in total. The zero-order valence-electron chi connectivity index (χ0n) is 10.6. The van der Waals surface area contributed by atoms with E-state index in [2.05, 4.69) is 5.32 Å². The van der Waals surface area contributed by atoms with E-state index in [1.807, 2.05) is 13.0 Å². The number of carbonyl (C=O) groups is 1. The SMILES string of the molecule is Cc1ccc(O)c(NC(=O)[C@@H]2CCC[C@@H]2CN)c1. The van der Waals surface area contributed by atoms with Gasteiger partial charge in [-0.25, -0.2) is 0 Å². The number of hydrogen-bond donors (Lipinski definition) is 3. The van der Waals surface area contributed by atoms with Gasteiger partial charge in [-0.1, -0.05) is 12.5 Å². The maximum Gasteiger partial charge on any atom is 0.227 e. The standard InChI is InChI=1S/C14H20N2O2/c1-9-5-6-13(17)12(7-9)16-14(18)11-4-2-3-10(11)8-15/h5-7,10-11,17H,2-4,8,15H2,1H3,(H,16,18)/t10-,11-/m1/s1. The molecule has 1 aliphatic rings. The number of amides is 1. The topological polar surface area (TPSA) is 75.3 Å². The number of anilines is 1. The van der Waals surface area contributed by atoms with Gasteiger partial charge in [-0.15, -0.1) is 0 Å². The van der Waals surface area contributed by atoms with Crippen LogP contribution in [-0.2, 0) is 4.79 Å². The van der Waals surface area contributed by atoms with Gasteiger partial charge in [0.05, 0.1) is 5.69 Å². The summed E-state index contributed by atoms with van der Waals surface area (Å²) in [4.78, 5) is 12.2. The Balaban J connectivity index is 2.09. The Labute approximate surface area is 107 Å². The minimum Gasteiger partial charge on any atom is -0.506 e. The number of phenols is 1. The van der Waals surface area contributed by atoms with E-state index in [9.17, 15) is 9.90 Å². The van der Waals surface area contributed by atoms with Gasteiger partial charge in [-0.3, -0.25) is 4.79 Å². The molecular formula is C14H20N2O2. The lowest BCUT2D eigenvalue weighted by molar-refractivity contribution is -0.120. The van der Waals surface area contributed by atoms with Crippen molar-refractivity contribution in [1.82, 2.24) is 0 Å². The third-order valence-corrected chi connectivity index (χ3v) is 3.71. The molecule has 0 aromatic heterocycles. The first-order chi connectivity index (χ1) is 8.61. The Morgan fingerprint density at radius 3 is 3.00 bits per heavy atom. The summed E-state index contributed by atoms with van der Waals surface area (Å²) < 4.78 is 0. The molecule has 4 heteroatoms. The molecule has 18 heavy (non-hydrogen) atoms. The smallest absolute Gasteiger partial charge is 0.227 e. The quantitative estimate of drug-likeness (QED) is 0.716. The Hall–Kier alpha value is -1.55. The zero-order valence-corrected chi connectivity index (χ0v) is 10.6. The van der Waals surface area contributed by atoms with E-state index in [4.69, 9.17) is 5.73 Å². The first kappa shape index (κ1) is 12.9. The molecule has 0 aliphatic heterocycles. The summed E-state index contributed by atoms with van der Waals surface area (Å²) in [6.45, 7) is 2.48. The van der Waals surface area contributed by atoms with Crippen LogP contribution in [0.4, 0.5) is 5.69 Å². The lowest BCUT2D eigenvalue weighted by Crippen LogP contribution is -2.29. The van der Waals surface area contributed by atoms with E-state index >= 15 is 0 Å². The predicted molar refractivity (Wildman–Crippen MR) is 71.4 cm³/mol. The van der Waals surface area contributed by atoms with Crippen LogP contribution in [0.1, 0.15) is 24.8 Å². The number of rotatable bonds is 3. The van der Waals surface area contributed by atoms with Crippen molar-refractivity contribution in [1.29, 1.82) is 0 Å². The van der Waals surface area contributed by atoms with Gasteiger partial charge in [0, 0.05) is 5.92 Å². The molecule has 0 radical (unpaired) electrons. The largest absolute Gasteiger partial charge is 0.506 e. The molecule has 0 heterocycles. The zero-order chi connectivity index (χ0) is 13.1. The predicted octanol–water partition coefficient (Wildman–Crippen LogP) is 2.01. The molecule has 1 fully saturated rings. The van der Waals surface area contributed by atoms with Gasteiger partial charge < -0.3 is 16.2 Å². The fraction of sp³-hybridized carbons (Fsp3) is 0.500.